The number of carbonyl (C=O) groups is 3. The lowest BCUT2D eigenvalue weighted by Gasteiger charge is -2.38. The summed E-state index contributed by atoms with van der Waals surface area (Å²) in [7, 11) is 0. The van der Waals surface area contributed by atoms with E-state index in [0.29, 0.717) is 45.3 Å². The van der Waals surface area contributed by atoms with E-state index in [-0.39, 0.29) is 18.4 Å². The molecule has 0 unspecified atom stereocenters. The number of likely N-dealkylation sites (tertiary alicyclic amines) is 2. The Morgan fingerprint density at radius 1 is 1.25 bits per heavy atom. The summed E-state index contributed by atoms with van der Waals surface area (Å²) in [6.07, 6.45) is 2.95. The molecule has 0 aromatic carbocycles. The molecule has 20 heavy (non-hydrogen) atoms. The molecule has 2 aliphatic heterocycles. The second-order valence-corrected chi connectivity index (χ2v) is 5.74. The quantitative estimate of drug-likeness (QED) is 0.824. The minimum atomic E-state index is -0.762. The average Bonchev–Trinajstić information content (AvgIpc) is 2.84. The van der Waals surface area contributed by atoms with E-state index in [1.165, 1.54) is 0 Å². The summed E-state index contributed by atoms with van der Waals surface area (Å²) in [6, 6.07) is 0. The second-order valence-electron chi connectivity index (χ2n) is 5.74. The van der Waals surface area contributed by atoms with Crippen molar-refractivity contribution in [3.8, 4) is 0 Å². The highest BCUT2D eigenvalue weighted by Gasteiger charge is 2.41. The van der Waals surface area contributed by atoms with Gasteiger partial charge in [0.1, 0.15) is 0 Å². The number of rotatable bonds is 4. The SMILES string of the molecule is CCC1(C(=O)O)CCN(C(=O)CN2CCCC2=O)CC1. The molecule has 0 radical (unpaired) electrons. The van der Waals surface area contributed by atoms with E-state index < -0.39 is 11.4 Å². The third-order valence-electron chi connectivity index (χ3n) is 4.70. The topological polar surface area (TPSA) is 77.9 Å². The fourth-order valence-corrected chi connectivity index (χ4v) is 3.04. The zero-order valence-corrected chi connectivity index (χ0v) is 11.9. The highest BCUT2D eigenvalue weighted by Crippen LogP contribution is 2.35. The molecule has 2 fully saturated rings. The van der Waals surface area contributed by atoms with Crippen molar-refractivity contribution in [2.24, 2.45) is 5.41 Å². The van der Waals surface area contributed by atoms with Crippen molar-refractivity contribution in [1.82, 2.24) is 9.80 Å². The fourth-order valence-electron chi connectivity index (χ4n) is 3.04. The van der Waals surface area contributed by atoms with E-state index in [0.717, 1.165) is 6.42 Å². The molecular formula is C14H22N2O4. The van der Waals surface area contributed by atoms with Crippen LogP contribution in [-0.2, 0) is 14.4 Å². The van der Waals surface area contributed by atoms with Crippen LogP contribution >= 0.6 is 0 Å². The largest absolute Gasteiger partial charge is 0.481 e. The lowest BCUT2D eigenvalue weighted by molar-refractivity contribution is -0.155. The maximum atomic E-state index is 12.2. The Hall–Kier alpha value is -1.59. The predicted octanol–water partition coefficient (Wildman–Crippen LogP) is 0.712. The summed E-state index contributed by atoms with van der Waals surface area (Å²) < 4.78 is 0. The number of carboxylic acid groups (broad SMARTS) is 1. The molecule has 0 aliphatic carbocycles. The van der Waals surface area contributed by atoms with Gasteiger partial charge in [-0.25, -0.2) is 0 Å². The number of aliphatic carboxylic acids is 1. The molecule has 2 saturated heterocycles. The van der Waals surface area contributed by atoms with Crippen molar-refractivity contribution in [2.75, 3.05) is 26.2 Å². The first kappa shape index (κ1) is 14.8. The molecule has 6 heteroatoms. The molecule has 2 rings (SSSR count). The molecule has 112 valence electrons. The van der Waals surface area contributed by atoms with Gasteiger partial charge in [0.25, 0.3) is 0 Å². The first-order chi connectivity index (χ1) is 9.48. The number of amides is 2. The van der Waals surface area contributed by atoms with Gasteiger partial charge in [-0.05, 0) is 25.7 Å². The molecule has 6 nitrogen and oxygen atoms in total. The van der Waals surface area contributed by atoms with Crippen LogP contribution in [0.25, 0.3) is 0 Å². The zero-order chi connectivity index (χ0) is 14.8. The Bertz CT molecular complexity index is 413. The van der Waals surface area contributed by atoms with E-state index in [4.69, 9.17) is 0 Å². The molecule has 2 amide bonds. The molecule has 0 bridgehead atoms. The maximum absolute atomic E-state index is 12.2. The fraction of sp³-hybridized carbons (Fsp3) is 0.786. The zero-order valence-electron chi connectivity index (χ0n) is 11.9. The van der Waals surface area contributed by atoms with Gasteiger partial charge >= 0.3 is 5.97 Å². The van der Waals surface area contributed by atoms with Gasteiger partial charge in [-0.15, -0.1) is 0 Å². The summed E-state index contributed by atoms with van der Waals surface area (Å²) in [5.74, 6) is -0.777. The lowest BCUT2D eigenvalue weighted by atomic mass is 9.76. The van der Waals surface area contributed by atoms with Gasteiger partial charge < -0.3 is 14.9 Å². The van der Waals surface area contributed by atoms with E-state index in [9.17, 15) is 19.5 Å². The van der Waals surface area contributed by atoms with Gasteiger partial charge in [-0.2, -0.15) is 0 Å². The second kappa shape index (κ2) is 5.81. The van der Waals surface area contributed by atoms with Gasteiger partial charge in [0, 0.05) is 26.1 Å². The van der Waals surface area contributed by atoms with Crippen LogP contribution in [-0.4, -0.2) is 58.9 Å². The molecule has 0 aromatic rings. The van der Waals surface area contributed by atoms with Gasteiger partial charge in [-0.3, -0.25) is 14.4 Å². The molecular weight excluding hydrogens is 260 g/mol. The molecule has 2 aliphatic rings. The van der Waals surface area contributed by atoms with E-state index >= 15 is 0 Å². The summed E-state index contributed by atoms with van der Waals surface area (Å²) in [5.41, 5.74) is -0.680. The number of hydrogen-bond acceptors (Lipinski definition) is 3. The Labute approximate surface area is 118 Å². The van der Waals surface area contributed by atoms with Gasteiger partial charge in [0.05, 0.1) is 12.0 Å². The first-order valence-corrected chi connectivity index (χ1v) is 7.27. The summed E-state index contributed by atoms with van der Waals surface area (Å²) in [4.78, 5) is 38.3. The third-order valence-corrected chi connectivity index (χ3v) is 4.70. The maximum Gasteiger partial charge on any atom is 0.309 e. The van der Waals surface area contributed by atoms with E-state index in [1.54, 1.807) is 9.80 Å². The monoisotopic (exact) mass is 282 g/mol. The predicted molar refractivity (Wildman–Crippen MR) is 72.0 cm³/mol. The average molecular weight is 282 g/mol. The number of nitrogens with zero attached hydrogens (tertiary/aromatic N) is 2. The standard InChI is InChI=1S/C14H22N2O4/c1-2-14(13(19)20)5-8-15(9-6-14)12(18)10-16-7-3-4-11(16)17/h2-10H2,1H3,(H,19,20). The van der Waals surface area contributed by atoms with Crippen LogP contribution in [0.3, 0.4) is 0 Å². The van der Waals surface area contributed by atoms with E-state index in [1.807, 2.05) is 6.92 Å². The number of piperidine rings is 1. The van der Waals surface area contributed by atoms with Crippen LogP contribution in [0.5, 0.6) is 0 Å². The van der Waals surface area contributed by atoms with Crippen LogP contribution in [0.4, 0.5) is 0 Å². The molecule has 0 atom stereocenters. The Morgan fingerprint density at radius 2 is 1.90 bits per heavy atom. The lowest BCUT2D eigenvalue weighted by Crippen LogP contribution is -2.49. The highest BCUT2D eigenvalue weighted by atomic mass is 16.4. The van der Waals surface area contributed by atoms with Crippen LogP contribution in [0.2, 0.25) is 0 Å². The van der Waals surface area contributed by atoms with Crippen LogP contribution < -0.4 is 0 Å². The number of carboxylic acids is 1. The van der Waals surface area contributed by atoms with Gasteiger partial charge in [0.2, 0.25) is 11.8 Å². The summed E-state index contributed by atoms with van der Waals surface area (Å²) in [6.45, 7) is 3.63. The van der Waals surface area contributed by atoms with Crippen molar-refractivity contribution in [2.45, 2.75) is 39.0 Å². The van der Waals surface area contributed by atoms with Crippen molar-refractivity contribution in [1.29, 1.82) is 0 Å². The van der Waals surface area contributed by atoms with Crippen LogP contribution in [0.1, 0.15) is 39.0 Å². The minimum absolute atomic E-state index is 0.0452. The minimum Gasteiger partial charge on any atom is -0.481 e. The third kappa shape index (κ3) is 2.78. The van der Waals surface area contributed by atoms with Crippen molar-refractivity contribution in [3.05, 3.63) is 0 Å². The van der Waals surface area contributed by atoms with Crippen molar-refractivity contribution >= 4 is 17.8 Å². The van der Waals surface area contributed by atoms with Crippen LogP contribution in [0.15, 0.2) is 0 Å². The molecule has 0 aromatic heterocycles. The van der Waals surface area contributed by atoms with Gasteiger partial charge in [0.15, 0.2) is 0 Å². The highest BCUT2D eigenvalue weighted by molar-refractivity contribution is 5.86. The Kier molecular flexibility index (Phi) is 4.30. The first-order valence-electron chi connectivity index (χ1n) is 7.27. The normalized spacial score (nSPS) is 22.1. The summed E-state index contributed by atoms with van der Waals surface area (Å²) >= 11 is 0. The van der Waals surface area contributed by atoms with Crippen molar-refractivity contribution < 1.29 is 19.5 Å². The number of carbonyl (C=O) groups excluding carboxylic acids is 2. The summed E-state index contributed by atoms with van der Waals surface area (Å²) in [5, 5.41) is 9.32. The smallest absolute Gasteiger partial charge is 0.309 e. The Balaban J connectivity index is 1.88. The molecule has 2 heterocycles. The van der Waals surface area contributed by atoms with Crippen LogP contribution in [0, 0.1) is 5.41 Å². The van der Waals surface area contributed by atoms with Gasteiger partial charge in [-0.1, -0.05) is 6.92 Å². The molecule has 0 saturated carbocycles. The molecule has 0 spiro atoms. The molecule has 1 N–H and O–H groups in total. The Morgan fingerprint density at radius 3 is 2.35 bits per heavy atom. The van der Waals surface area contributed by atoms with E-state index in [2.05, 4.69) is 0 Å². The van der Waals surface area contributed by atoms with Crippen molar-refractivity contribution in [3.63, 3.8) is 0 Å². The number of hydrogen-bond donors (Lipinski definition) is 1.